The lowest BCUT2D eigenvalue weighted by atomic mass is 10.3. The van der Waals surface area contributed by atoms with Crippen molar-refractivity contribution in [1.29, 1.82) is 0 Å². The number of hydrogen-bond acceptors (Lipinski definition) is 6. The summed E-state index contributed by atoms with van der Waals surface area (Å²) >= 11 is 5.62. The Morgan fingerprint density at radius 2 is 1.96 bits per heavy atom. The number of sulfonamides is 1. The van der Waals surface area contributed by atoms with Crippen LogP contribution in [0.15, 0.2) is 47.5 Å². The van der Waals surface area contributed by atoms with Crippen molar-refractivity contribution in [2.24, 2.45) is 0 Å². The van der Waals surface area contributed by atoms with Crippen LogP contribution in [0.3, 0.4) is 0 Å². The lowest BCUT2D eigenvalue weighted by molar-refractivity contribution is 0.582. The largest absolute Gasteiger partial charge is 0.367 e. The molecule has 3 rings (SSSR count). The van der Waals surface area contributed by atoms with Gasteiger partial charge in [-0.05, 0) is 43.3 Å². The van der Waals surface area contributed by atoms with E-state index in [1.807, 2.05) is 13.0 Å². The molecule has 0 saturated carbocycles. The summed E-state index contributed by atoms with van der Waals surface area (Å²) in [7, 11) is -3.78. The highest BCUT2D eigenvalue weighted by Crippen LogP contribution is 2.19. The topological polar surface area (TPSA) is 102 Å². The second-order valence-corrected chi connectivity index (χ2v) is 7.75. The average molecular weight is 411 g/mol. The van der Waals surface area contributed by atoms with Gasteiger partial charge in [0.05, 0.1) is 15.6 Å². The number of nitrogens with zero attached hydrogens (tertiary/aromatic N) is 4. The summed E-state index contributed by atoms with van der Waals surface area (Å²) in [5.41, 5.74) is 0.869. The molecule has 8 nitrogen and oxygen atoms in total. The van der Waals surface area contributed by atoms with Gasteiger partial charge in [0.1, 0.15) is 11.6 Å². The van der Waals surface area contributed by atoms with Crippen LogP contribution in [-0.4, -0.2) is 41.5 Å². The van der Waals surface area contributed by atoms with Crippen LogP contribution in [-0.2, 0) is 10.0 Å². The highest BCUT2D eigenvalue weighted by molar-refractivity contribution is 7.89. The minimum Gasteiger partial charge on any atom is -0.367 e. The summed E-state index contributed by atoms with van der Waals surface area (Å²) in [5.74, 6) is 0.388. The predicted octanol–water partition coefficient (Wildman–Crippen LogP) is 2.15. The van der Waals surface area contributed by atoms with E-state index in [0.717, 1.165) is 23.9 Å². The molecule has 2 N–H and O–H groups in total. The molecule has 0 fully saturated rings. The Bertz CT molecular complexity index is 1040. The summed E-state index contributed by atoms with van der Waals surface area (Å²) in [5, 5.41) is 15.0. The third-order valence-corrected chi connectivity index (χ3v) is 5.28. The zero-order chi connectivity index (χ0) is 19.4. The number of rotatable bonds is 7. The number of aryl methyl sites for hydroxylation is 1. The van der Waals surface area contributed by atoms with Crippen molar-refractivity contribution >= 4 is 27.4 Å². The van der Waals surface area contributed by atoms with Gasteiger partial charge in [0.15, 0.2) is 5.82 Å². The van der Waals surface area contributed by atoms with Crippen LogP contribution in [0.4, 0.5) is 10.2 Å². The molecule has 0 radical (unpaired) electrons. The van der Waals surface area contributed by atoms with E-state index < -0.39 is 15.8 Å². The Balaban J connectivity index is 1.53. The van der Waals surface area contributed by atoms with Crippen molar-refractivity contribution in [3.63, 3.8) is 0 Å². The van der Waals surface area contributed by atoms with E-state index in [1.165, 1.54) is 0 Å². The predicted molar refractivity (Wildman–Crippen MR) is 99.0 cm³/mol. The Kier molecular flexibility index (Phi) is 5.68. The Morgan fingerprint density at radius 1 is 1.15 bits per heavy atom. The average Bonchev–Trinajstić information content (AvgIpc) is 3.08. The van der Waals surface area contributed by atoms with E-state index in [0.29, 0.717) is 11.6 Å². The van der Waals surface area contributed by atoms with E-state index in [-0.39, 0.29) is 23.0 Å². The van der Waals surface area contributed by atoms with Gasteiger partial charge in [0.2, 0.25) is 10.0 Å². The summed E-state index contributed by atoms with van der Waals surface area (Å²) in [6.45, 7) is 2.25. The van der Waals surface area contributed by atoms with Crippen molar-refractivity contribution in [2.75, 3.05) is 18.4 Å². The minimum absolute atomic E-state index is 0.0963. The molecule has 0 saturated heterocycles. The van der Waals surface area contributed by atoms with Crippen molar-refractivity contribution in [2.45, 2.75) is 11.8 Å². The van der Waals surface area contributed by atoms with Crippen molar-refractivity contribution in [3.8, 4) is 5.82 Å². The van der Waals surface area contributed by atoms with Crippen LogP contribution < -0.4 is 10.0 Å². The smallest absolute Gasteiger partial charge is 0.240 e. The maximum absolute atomic E-state index is 13.1. The Hall–Kier alpha value is -2.56. The first-order chi connectivity index (χ1) is 12.8. The van der Waals surface area contributed by atoms with E-state index in [4.69, 9.17) is 11.6 Å². The molecule has 0 unspecified atom stereocenters. The molecule has 142 valence electrons. The third-order valence-electron chi connectivity index (χ3n) is 3.53. The summed E-state index contributed by atoms with van der Waals surface area (Å²) < 4.78 is 41.5. The van der Waals surface area contributed by atoms with E-state index >= 15 is 0 Å². The van der Waals surface area contributed by atoms with Gasteiger partial charge in [-0.3, -0.25) is 0 Å². The van der Waals surface area contributed by atoms with Gasteiger partial charge in [0.25, 0.3) is 0 Å². The van der Waals surface area contributed by atoms with Crippen LogP contribution in [0.1, 0.15) is 5.69 Å². The van der Waals surface area contributed by atoms with Crippen LogP contribution in [0.5, 0.6) is 0 Å². The molecule has 3 aromatic rings. The molecule has 0 atom stereocenters. The number of aromatic nitrogens is 4. The van der Waals surface area contributed by atoms with Gasteiger partial charge >= 0.3 is 0 Å². The van der Waals surface area contributed by atoms with E-state index in [1.54, 1.807) is 23.0 Å². The van der Waals surface area contributed by atoms with E-state index in [9.17, 15) is 12.8 Å². The number of anilines is 1. The van der Waals surface area contributed by atoms with Gasteiger partial charge < -0.3 is 5.32 Å². The molecule has 0 aliphatic heterocycles. The molecule has 0 spiro atoms. The second kappa shape index (κ2) is 7.99. The SMILES string of the molecule is Cc1ccn(-c2ccc(NCCNS(=O)(=O)c3ccc(F)c(Cl)c3)nn2)n1. The lowest BCUT2D eigenvalue weighted by Gasteiger charge is -2.09. The van der Waals surface area contributed by atoms with Gasteiger partial charge in [-0.25, -0.2) is 22.2 Å². The molecule has 0 aliphatic rings. The zero-order valence-electron chi connectivity index (χ0n) is 14.2. The highest BCUT2D eigenvalue weighted by Gasteiger charge is 2.15. The van der Waals surface area contributed by atoms with E-state index in [2.05, 4.69) is 25.3 Å². The van der Waals surface area contributed by atoms with Gasteiger partial charge in [-0.15, -0.1) is 10.2 Å². The van der Waals surface area contributed by atoms with Crippen LogP contribution in [0.25, 0.3) is 5.82 Å². The molecule has 0 aliphatic carbocycles. The maximum Gasteiger partial charge on any atom is 0.240 e. The molecule has 27 heavy (non-hydrogen) atoms. The maximum atomic E-state index is 13.1. The standard InChI is InChI=1S/C16H16ClFN6O2S/c1-11-6-9-24(23-11)16-5-4-15(21-22-16)19-7-8-20-27(25,26)12-2-3-14(18)13(17)10-12/h2-6,9-10,20H,7-8H2,1H3,(H,19,21). The first-order valence-corrected chi connectivity index (χ1v) is 9.76. The molecule has 11 heteroatoms. The molecule has 2 heterocycles. The Labute approximate surface area is 160 Å². The second-order valence-electron chi connectivity index (χ2n) is 5.58. The lowest BCUT2D eigenvalue weighted by Crippen LogP contribution is -2.29. The molecular weight excluding hydrogens is 395 g/mol. The van der Waals surface area contributed by atoms with Gasteiger partial charge in [-0.2, -0.15) is 5.10 Å². The number of halogens is 2. The first kappa shape index (κ1) is 19.2. The highest BCUT2D eigenvalue weighted by atomic mass is 35.5. The van der Waals surface area contributed by atoms with Crippen molar-refractivity contribution in [3.05, 3.63) is 59.1 Å². The van der Waals surface area contributed by atoms with Crippen molar-refractivity contribution in [1.82, 2.24) is 24.7 Å². The van der Waals surface area contributed by atoms with Crippen LogP contribution in [0, 0.1) is 12.7 Å². The fraction of sp³-hybridized carbons (Fsp3) is 0.188. The fourth-order valence-corrected chi connectivity index (χ4v) is 3.49. The molecule has 0 amide bonds. The van der Waals surface area contributed by atoms with Crippen LogP contribution in [0.2, 0.25) is 5.02 Å². The van der Waals surface area contributed by atoms with Gasteiger partial charge in [-0.1, -0.05) is 11.6 Å². The monoisotopic (exact) mass is 410 g/mol. The summed E-state index contributed by atoms with van der Waals surface area (Å²) in [6, 6.07) is 8.54. The normalized spacial score (nSPS) is 11.5. The summed E-state index contributed by atoms with van der Waals surface area (Å²) in [4.78, 5) is -0.104. The molecule has 2 aromatic heterocycles. The summed E-state index contributed by atoms with van der Waals surface area (Å²) in [6.07, 6.45) is 1.78. The Morgan fingerprint density at radius 3 is 2.59 bits per heavy atom. The minimum atomic E-state index is -3.78. The van der Waals surface area contributed by atoms with Crippen molar-refractivity contribution < 1.29 is 12.8 Å². The first-order valence-electron chi connectivity index (χ1n) is 7.90. The number of nitrogens with one attached hydrogen (secondary N) is 2. The van der Waals surface area contributed by atoms with Gasteiger partial charge in [0, 0.05) is 19.3 Å². The zero-order valence-corrected chi connectivity index (χ0v) is 15.8. The molecule has 0 bridgehead atoms. The molecule has 1 aromatic carbocycles. The third kappa shape index (κ3) is 4.79. The number of benzene rings is 1. The number of hydrogen-bond donors (Lipinski definition) is 2. The fourth-order valence-electron chi connectivity index (χ4n) is 2.19. The quantitative estimate of drug-likeness (QED) is 0.579. The molecular formula is C16H16ClFN6O2S. The van der Waals surface area contributed by atoms with Crippen LogP contribution >= 0.6 is 11.6 Å².